The van der Waals surface area contributed by atoms with Crippen molar-refractivity contribution in [2.24, 2.45) is 5.84 Å². The highest BCUT2D eigenvalue weighted by Gasteiger charge is 2.24. The second-order valence-electron chi connectivity index (χ2n) is 5.13. The van der Waals surface area contributed by atoms with Crippen LogP contribution in [0.15, 0.2) is 0 Å². The minimum absolute atomic E-state index is 0.288. The molecule has 3 N–H and O–H groups in total. The van der Waals surface area contributed by atoms with E-state index in [0.29, 0.717) is 37.7 Å². The van der Waals surface area contributed by atoms with Gasteiger partial charge in [0.2, 0.25) is 17.8 Å². The van der Waals surface area contributed by atoms with Crippen molar-refractivity contribution >= 4 is 17.8 Å². The van der Waals surface area contributed by atoms with Crippen molar-refractivity contribution in [2.75, 3.05) is 61.8 Å². The second-order valence-corrected chi connectivity index (χ2v) is 5.13. The molecule has 3 rings (SSSR count). The monoisotopic (exact) mass is 295 g/mol. The number of morpholine rings is 1. The quantitative estimate of drug-likeness (QED) is 0.547. The summed E-state index contributed by atoms with van der Waals surface area (Å²) in [5.74, 6) is 7.08. The summed E-state index contributed by atoms with van der Waals surface area (Å²) >= 11 is 0. The van der Waals surface area contributed by atoms with Gasteiger partial charge in [0.15, 0.2) is 0 Å². The molecule has 0 amide bonds. The first-order chi connectivity index (χ1) is 10.3. The first kappa shape index (κ1) is 14.2. The van der Waals surface area contributed by atoms with Crippen LogP contribution in [0.1, 0.15) is 6.42 Å². The first-order valence-corrected chi connectivity index (χ1v) is 7.14. The van der Waals surface area contributed by atoms with E-state index in [0.717, 1.165) is 26.1 Å². The van der Waals surface area contributed by atoms with Gasteiger partial charge in [0.1, 0.15) is 0 Å². The highest BCUT2D eigenvalue weighted by Crippen LogP contribution is 2.20. The van der Waals surface area contributed by atoms with E-state index < -0.39 is 0 Å². The highest BCUT2D eigenvalue weighted by atomic mass is 16.5. The number of anilines is 3. The third kappa shape index (κ3) is 3.14. The molecule has 2 fully saturated rings. The molecular weight excluding hydrogens is 274 g/mol. The molecule has 1 aromatic rings. The lowest BCUT2D eigenvalue weighted by Crippen LogP contribution is -2.39. The van der Waals surface area contributed by atoms with Crippen molar-refractivity contribution in [3.63, 3.8) is 0 Å². The number of hydrogen-bond acceptors (Lipinski definition) is 9. The van der Waals surface area contributed by atoms with E-state index in [1.165, 1.54) is 0 Å². The Morgan fingerprint density at radius 3 is 2.67 bits per heavy atom. The zero-order valence-corrected chi connectivity index (χ0v) is 12.2. The average Bonchev–Trinajstić information content (AvgIpc) is 3.09. The maximum Gasteiger partial charge on any atom is 0.243 e. The minimum Gasteiger partial charge on any atom is -0.379 e. The molecule has 2 aliphatic heterocycles. The molecule has 116 valence electrons. The van der Waals surface area contributed by atoms with Gasteiger partial charge in [-0.25, -0.2) is 5.84 Å². The number of hydrazine groups is 1. The number of likely N-dealkylation sites (N-methyl/N-ethyl adjacent to an activating group) is 1. The molecule has 9 nitrogen and oxygen atoms in total. The Kier molecular flexibility index (Phi) is 4.32. The normalized spacial score (nSPS) is 22.4. The van der Waals surface area contributed by atoms with Crippen molar-refractivity contribution in [2.45, 2.75) is 12.5 Å². The summed E-state index contributed by atoms with van der Waals surface area (Å²) in [6.45, 7) is 4.36. The zero-order valence-electron chi connectivity index (χ0n) is 12.2. The summed E-state index contributed by atoms with van der Waals surface area (Å²) in [6, 6.07) is 0.288. The van der Waals surface area contributed by atoms with Crippen LogP contribution in [0, 0.1) is 0 Å². The van der Waals surface area contributed by atoms with Crippen LogP contribution >= 0.6 is 0 Å². The largest absolute Gasteiger partial charge is 0.379 e. The smallest absolute Gasteiger partial charge is 0.243 e. The van der Waals surface area contributed by atoms with Crippen molar-refractivity contribution in [1.29, 1.82) is 0 Å². The maximum absolute atomic E-state index is 5.48. The average molecular weight is 295 g/mol. The third-order valence-electron chi connectivity index (χ3n) is 3.80. The van der Waals surface area contributed by atoms with Crippen LogP contribution < -0.4 is 21.1 Å². The van der Waals surface area contributed by atoms with Crippen LogP contribution in [0.4, 0.5) is 17.8 Å². The number of hydrogen-bond donors (Lipinski definition) is 2. The van der Waals surface area contributed by atoms with Crippen LogP contribution in [0.5, 0.6) is 0 Å². The van der Waals surface area contributed by atoms with Gasteiger partial charge < -0.3 is 19.3 Å². The number of aromatic nitrogens is 3. The number of nitrogen functional groups attached to an aromatic ring is 1. The lowest BCUT2D eigenvalue weighted by molar-refractivity contribution is 0.122. The molecule has 9 heteroatoms. The number of rotatable bonds is 4. The van der Waals surface area contributed by atoms with Crippen LogP contribution in [0.3, 0.4) is 0 Å². The number of nitrogens with two attached hydrogens (primary N) is 1. The fourth-order valence-corrected chi connectivity index (χ4v) is 2.47. The van der Waals surface area contributed by atoms with E-state index in [2.05, 4.69) is 25.3 Å². The van der Waals surface area contributed by atoms with Gasteiger partial charge in [-0.2, -0.15) is 15.0 Å². The molecule has 1 atom stereocenters. The molecular formula is C12H21N7O2. The summed E-state index contributed by atoms with van der Waals surface area (Å²) < 4.78 is 10.8. The van der Waals surface area contributed by atoms with E-state index in [9.17, 15) is 0 Å². The summed E-state index contributed by atoms with van der Waals surface area (Å²) in [7, 11) is 1.97. The Morgan fingerprint density at radius 1 is 1.19 bits per heavy atom. The molecule has 1 unspecified atom stereocenters. The topological polar surface area (TPSA) is 102 Å². The molecule has 1 aromatic heterocycles. The Labute approximate surface area is 123 Å². The zero-order chi connectivity index (χ0) is 14.7. The van der Waals surface area contributed by atoms with Crippen LogP contribution in [-0.2, 0) is 9.47 Å². The summed E-state index contributed by atoms with van der Waals surface area (Å²) in [4.78, 5) is 17.4. The molecule has 0 bridgehead atoms. The lowest BCUT2D eigenvalue weighted by atomic mass is 10.2. The van der Waals surface area contributed by atoms with Gasteiger partial charge in [0, 0.05) is 26.7 Å². The van der Waals surface area contributed by atoms with Crippen LogP contribution in [0.2, 0.25) is 0 Å². The van der Waals surface area contributed by atoms with Gasteiger partial charge in [-0.05, 0) is 6.42 Å². The van der Waals surface area contributed by atoms with Gasteiger partial charge in [-0.3, -0.25) is 5.43 Å². The van der Waals surface area contributed by atoms with E-state index >= 15 is 0 Å². The van der Waals surface area contributed by atoms with E-state index in [-0.39, 0.29) is 6.04 Å². The molecule has 21 heavy (non-hydrogen) atoms. The summed E-state index contributed by atoms with van der Waals surface area (Å²) in [6.07, 6.45) is 0.973. The van der Waals surface area contributed by atoms with E-state index in [1.54, 1.807) is 0 Å². The SMILES string of the molecule is CN(c1nc(NN)nc(N2CCOCC2)n1)C1CCOC1. The van der Waals surface area contributed by atoms with E-state index in [1.807, 2.05) is 11.9 Å². The molecule has 0 saturated carbocycles. The van der Waals surface area contributed by atoms with Gasteiger partial charge in [-0.1, -0.05) is 0 Å². The highest BCUT2D eigenvalue weighted by molar-refractivity contribution is 5.45. The number of nitrogens with one attached hydrogen (secondary N) is 1. The Bertz CT molecular complexity index is 475. The van der Waals surface area contributed by atoms with Crippen molar-refractivity contribution in [3.8, 4) is 0 Å². The van der Waals surface area contributed by atoms with E-state index in [4.69, 9.17) is 15.3 Å². The molecule has 2 saturated heterocycles. The van der Waals surface area contributed by atoms with Crippen LogP contribution in [0.25, 0.3) is 0 Å². The third-order valence-corrected chi connectivity index (χ3v) is 3.80. The van der Waals surface area contributed by atoms with Gasteiger partial charge in [0.25, 0.3) is 0 Å². The summed E-state index contributed by atoms with van der Waals surface area (Å²) in [5, 5.41) is 0. The predicted molar refractivity (Wildman–Crippen MR) is 78.3 cm³/mol. The Balaban J connectivity index is 1.84. The fourth-order valence-electron chi connectivity index (χ4n) is 2.47. The standard InChI is InChI=1S/C12H21N7O2/c1-18(9-2-5-21-8-9)11-14-10(17-13)15-12(16-11)19-3-6-20-7-4-19/h9H,2-8,13H2,1H3,(H,14,15,16,17). The maximum atomic E-state index is 5.48. The second kappa shape index (κ2) is 6.37. The Morgan fingerprint density at radius 2 is 2.00 bits per heavy atom. The van der Waals surface area contributed by atoms with Crippen molar-refractivity contribution in [1.82, 2.24) is 15.0 Å². The molecule has 0 aliphatic carbocycles. The van der Waals surface area contributed by atoms with Crippen LogP contribution in [-0.4, -0.2) is 67.6 Å². The van der Waals surface area contributed by atoms with Gasteiger partial charge in [0.05, 0.1) is 25.9 Å². The molecule has 3 heterocycles. The molecule has 2 aliphatic rings. The van der Waals surface area contributed by atoms with Crippen molar-refractivity contribution in [3.05, 3.63) is 0 Å². The van der Waals surface area contributed by atoms with Gasteiger partial charge in [-0.15, -0.1) is 0 Å². The number of ether oxygens (including phenoxy) is 2. The first-order valence-electron chi connectivity index (χ1n) is 7.14. The number of nitrogens with zero attached hydrogens (tertiary/aromatic N) is 5. The Hall–Kier alpha value is -1.71. The minimum atomic E-state index is 0.288. The lowest BCUT2D eigenvalue weighted by Gasteiger charge is -2.29. The summed E-state index contributed by atoms with van der Waals surface area (Å²) in [5.41, 5.74) is 2.51. The van der Waals surface area contributed by atoms with Crippen molar-refractivity contribution < 1.29 is 9.47 Å². The molecule has 0 spiro atoms. The van der Waals surface area contributed by atoms with Gasteiger partial charge >= 0.3 is 0 Å². The molecule has 0 aromatic carbocycles. The fraction of sp³-hybridized carbons (Fsp3) is 0.750. The predicted octanol–water partition coefficient (Wildman–Crippen LogP) is -0.781. The molecule has 0 radical (unpaired) electrons.